The summed E-state index contributed by atoms with van der Waals surface area (Å²) in [4.78, 5) is 11.5. The molecule has 5 aromatic rings. The maximum absolute atomic E-state index is 11.5. The molecule has 0 aliphatic heterocycles. The Morgan fingerprint density at radius 3 is 2.47 bits per heavy atom. The van der Waals surface area contributed by atoms with E-state index < -0.39 is 5.97 Å². The fraction of sp³-hybridized carbons (Fsp3) is 0.133. The summed E-state index contributed by atoms with van der Waals surface area (Å²) in [6.45, 7) is 4.32. The van der Waals surface area contributed by atoms with Crippen molar-refractivity contribution in [3.8, 4) is 28.1 Å². The van der Waals surface area contributed by atoms with Crippen molar-refractivity contribution >= 4 is 28.3 Å². The number of carboxylic acid groups (broad SMARTS) is 1. The molecule has 180 valence electrons. The quantitative estimate of drug-likeness (QED) is 0.247. The van der Waals surface area contributed by atoms with Gasteiger partial charge in [0.25, 0.3) is 0 Å². The van der Waals surface area contributed by atoms with Crippen LogP contribution >= 0.6 is 11.6 Å². The van der Waals surface area contributed by atoms with E-state index in [0.29, 0.717) is 29.3 Å². The highest BCUT2D eigenvalue weighted by Gasteiger charge is 2.20. The van der Waals surface area contributed by atoms with E-state index in [4.69, 9.17) is 20.9 Å². The molecule has 0 saturated carbocycles. The third kappa shape index (κ3) is 4.45. The minimum absolute atomic E-state index is 0.300. The summed E-state index contributed by atoms with van der Waals surface area (Å²) >= 11 is 6.49. The first-order chi connectivity index (χ1) is 17.5. The van der Waals surface area contributed by atoms with Crippen LogP contribution in [0.2, 0.25) is 5.02 Å². The maximum Gasteiger partial charge on any atom is 0.336 e. The number of aromatic nitrogens is 1. The van der Waals surface area contributed by atoms with E-state index in [1.165, 1.54) is 0 Å². The average Bonchev–Trinajstić information content (AvgIpc) is 3.29. The number of ether oxygens (including phenoxy) is 1. The molecular weight excluding hydrogens is 474 g/mol. The van der Waals surface area contributed by atoms with Gasteiger partial charge in [-0.25, -0.2) is 4.79 Å². The monoisotopic (exact) mass is 497 g/mol. The third-order valence-corrected chi connectivity index (χ3v) is 6.65. The van der Waals surface area contributed by atoms with Crippen LogP contribution in [-0.4, -0.2) is 16.2 Å². The number of fused-ring (bicyclic) bond motifs is 1. The van der Waals surface area contributed by atoms with Gasteiger partial charge in [-0.1, -0.05) is 72.2 Å². The van der Waals surface area contributed by atoms with Gasteiger partial charge in [0.1, 0.15) is 23.8 Å². The van der Waals surface area contributed by atoms with Crippen LogP contribution in [0.4, 0.5) is 0 Å². The zero-order valence-corrected chi connectivity index (χ0v) is 20.7. The van der Waals surface area contributed by atoms with Crippen molar-refractivity contribution in [1.82, 2.24) is 5.16 Å². The number of nitrogens with zero attached hydrogens (tertiary/aromatic N) is 1. The van der Waals surface area contributed by atoms with Gasteiger partial charge in [-0.2, -0.15) is 0 Å². The van der Waals surface area contributed by atoms with E-state index in [-0.39, 0.29) is 0 Å². The van der Waals surface area contributed by atoms with Crippen molar-refractivity contribution in [2.75, 3.05) is 0 Å². The zero-order chi connectivity index (χ0) is 25.2. The molecule has 0 amide bonds. The van der Waals surface area contributed by atoms with Gasteiger partial charge in [0.2, 0.25) is 0 Å². The molecule has 0 unspecified atom stereocenters. The SMILES string of the molecule is CCc1onc(-c2c(C)cccc2Cl)c1COc1ccc(-c2ccc3c(C(=O)O)cccc3c2)cc1. The van der Waals surface area contributed by atoms with E-state index in [9.17, 15) is 9.90 Å². The van der Waals surface area contributed by atoms with Crippen molar-refractivity contribution in [2.45, 2.75) is 26.9 Å². The normalized spacial score (nSPS) is 11.1. The van der Waals surface area contributed by atoms with Gasteiger partial charge >= 0.3 is 5.97 Å². The zero-order valence-electron chi connectivity index (χ0n) is 19.9. The topological polar surface area (TPSA) is 72.6 Å². The Hall–Kier alpha value is -4.09. The van der Waals surface area contributed by atoms with Crippen molar-refractivity contribution in [1.29, 1.82) is 0 Å². The molecule has 0 spiro atoms. The van der Waals surface area contributed by atoms with Gasteiger partial charge < -0.3 is 14.4 Å². The van der Waals surface area contributed by atoms with Gasteiger partial charge in [0.15, 0.2) is 0 Å². The smallest absolute Gasteiger partial charge is 0.336 e. The van der Waals surface area contributed by atoms with Crippen LogP contribution in [0.3, 0.4) is 0 Å². The summed E-state index contributed by atoms with van der Waals surface area (Å²) in [5.41, 5.74) is 5.80. The van der Waals surface area contributed by atoms with Crippen LogP contribution in [0.5, 0.6) is 5.75 Å². The molecule has 5 nitrogen and oxygen atoms in total. The second-order valence-electron chi connectivity index (χ2n) is 8.58. The van der Waals surface area contributed by atoms with Gasteiger partial charge in [0.05, 0.1) is 16.1 Å². The van der Waals surface area contributed by atoms with E-state index in [0.717, 1.165) is 50.1 Å². The Morgan fingerprint density at radius 2 is 1.75 bits per heavy atom. The number of benzene rings is 4. The molecule has 1 heterocycles. The van der Waals surface area contributed by atoms with Crippen LogP contribution in [-0.2, 0) is 13.0 Å². The van der Waals surface area contributed by atoms with Crippen molar-refractivity contribution < 1.29 is 19.2 Å². The first-order valence-corrected chi connectivity index (χ1v) is 12.1. The molecule has 0 fully saturated rings. The van der Waals surface area contributed by atoms with Crippen LogP contribution in [0.1, 0.15) is 34.2 Å². The molecule has 36 heavy (non-hydrogen) atoms. The molecule has 4 aromatic carbocycles. The summed E-state index contributed by atoms with van der Waals surface area (Å²) in [5.74, 6) is 0.567. The second-order valence-corrected chi connectivity index (χ2v) is 8.99. The number of rotatable bonds is 7. The number of halogens is 1. The number of carbonyl (C=O) groups is 1. The molecule has 0 saturated heterocycles. The van der Waals surface area contributed by atoms with Crippen molar-refractivity contribution in [3.63, 3.8) is 0 Å². The minimum Gasteiger partial charge on any atom is -0.489 e. The average molecular weight is 498 g/mol. The molecule has 1 aromatic heterocycles. The number of aromatic carboxylic acids is 1. The van der Waals surface area contributed by atoms with Gasteiger partial charge in [-0.3, -0.25) is 0 Å². The number of aryl methyl sites for hydroxylation is 2. The van der Waals surface area contributed by atoms with Gasteiger partial charge in [-0.05, 0) is 64.7 Å². The molecule has 1 N–H and O–H groups in total. The Bertz CT molecular complexity index is 1550. The highest BCUT2D eigenvalue weighted by atomic mass is 35.5. The van der Waals surface area contributed by atoms with Crippen molar-refractivity contribution in [3.05, 3.63) is 106 Å². The van der Waals surface area contributed by atoms with Crippen LogP contribution in [0, 0.1) is 6.92 Å². The highest BCUT2D eigenvalue weighted by molar-refractivity contribution is 6.33. The van der Waals surface area contributed by atoms with E-state index in [1.807, 2.05) is 80.6 Å². The standard InChI is InChI=1S/C30H24ClNO4/c1-3-27-25(29(32-36-27)28-18(2)6-4-9-26(28)31)17-35-22-13-10-19(11-14-22)20-12-15-23-21(16-20)7-5-8-24(23)30(33)34/h4-16H,3,17H2,1-2H3,(H,33,34). The van der Waals surface area contributed by atoms with Crippen LogP contribution in [0.25, 0.3) is 33.2 Å². The van der Waals surface area contributed by atoms with E-state index in [2.05, 4.69) is 5.16 Å². The number of carboxylic acids is 1. The predicted molar refractivity (Wildman–Crippen MR) is 142 cm³/mol. The molecule has 0 bridgehead atoms. The largest absolute Gasteiger partial charge is 0.489 e. The molecule has 0 atom stereocenters. The Balaban J connectivity index is 1.38. The fourth-order valence-electron chi connectivity index (χ4n) is 4.45. The summed E-state index contributed by atoms with van der Waals surface area (Å²) in [5, 5.41) is 16.0. The highest BCUT2D eigenvalue weighted by Crippen LogP contribution is 2.35. The van der Waals surface area contributed by atoms with Crippen LogP contribution < -0.4 is 4.74 Å². The minimum atomic E-state index is -0.929. The lowest BCUT2D eigenvalue weighted by Crippen LogP contribution is -2.00. The first-order valence-electron chi connectivity index (χ1n) is 11.7. The second kappa shape index (κ2) is 9.88. The van der Waals surface area contributed by atoms with Gasteiger partial charge in [0, 0.05) is 12.0 Å². The van der Waals surface area contributed by atoms with E-state index in [1.54, 1.807) is 12.1 Å². The Labute approximate surface area is 213 Å². The maximum atomic E-state index is 11.5. The lowest BCUT2D eigenvalue weighted by atomic mass is 9.98. The summed E-state index contributed by atoms with van der Waals surface area (Å²) in [7, 11) is 0. The Kier molecular flexibility index (Phi) is 6.49. The molecule has 0 radical (unpaired) electrons. The molecule has 5 rings (SSSR count). The lowest BCUT2D eigenvalue weighted by molar-refractivity contribution is 0.0699. The summed E-state index contributed by atoms with van der Waals surface area (Å²) < 4.78 is 11.7. The fourth-order valence-corrected chi connectivity index (χ4v) is 4.76. The molecule has 0 aliphatic rings. The lowest BCUT2D eigenvalue weighted by Gasteiger charge is -2.11. The number of hydrogen-bond donors (Lipinski definition) is 1. The predicted octanol–water partition coefficient (Wildman–Crippen LogP) is 7.96. The summed E-state index contributed by atoms with van der Waals surface area (Å²) in [6, 6.07) is 24.7. The van der Waals surface area contributed by atoms with Crippen LogP contribution in [0.15, 0.2) is 83.4 Å². The van der Waals surface area contributed by atoms with Gasteiger partial charge in [-0.15, -0.1) is 0 Å². The third-order valence-electron chi connectivity index (χ3n) is 6.33. The van der Waals surface area contributed by atoms with E-state index >= 15 is 0 Å². The Morgan fingerprint density at radius 1 is 1.00 bits per heavy atom. The number of hydrogen-bond acceptors (Lipinski definition) is 4. The molecular formula is C30H24ClNO4. The van der Waals surface area contributed by atoms with Crippen molar-refractivity contribution in [2.24, 2.45) is 0 Å². The molecule has 0 aliphatic carbocycles. The first kappa shape index (κ1) is 23.6. The summed E-state index contributed by atoms with van der Waals surface area (Å²) in [6.07, 6.45) is 0.694. The molecule has 6 heteroatoms.